The first kappa shape index (κ1) is 17.0. The van der Waals surface area contributed by atoms with E-state index in [0.717, 1.165) is 0 Å². The lowest BCUT2D eigenvalue weighted by Gasteiger charge is -2.21. The van der Waals surface area contributed by atoms with Gasteiger partial charge in [0.2, 0.25) is 5.78 Å². The van der Waals surface area contributed by atoms with Crippen molar-refractivity contribution >= 4 is 11.6 Å². The van der Waals surface area contributed by atoms with E-state index in [1.807, 2.05) is 19.0 Å². The first-order valence-corrected chi connectivity index (χ1v) is 7.87. The third kappa shape index (κ3) is 2.96. The molecule has 0 amide bonds. The molecule has 0 heterocycles. The van der Waals surface area contributed by atoms with Crippen molar-refractivity contribution in [3.05, 3.63) is 52.1 Å². The van der Waals surface area contributed by atoms with Gasteiger partial charge in [-0.3, -0.25) is 9.59 Å². The van der Waals surface area contributed by atoms with E-state index in [4.69, 9.17) is 4.74 Å². The molecule has 2 aromatic rings. The molecule has 0 fully saturated rings. The lowest BCUT2D eigenvalue weighted by Crippen LogP contribution is -2.22. The van der Waals surface area contributed by atoms with Gasteiger partial charge in [0.15, 0.2) is 5.78 Å². The molecule has 25 heavy (non-hydrogen) atoms. The van der Waals surface area contributed by atoms with Gasteiger partial charge >= 0.3 is 0 Å². The van der Waals surface area contributed by atoms with Crippen molar-refractivity contribution in [2.75, 3.05) is 27.2 Å². The van der Waals surface area contributed by atoms with Gasteiger partial charge in [0, 0.05) is 23.7 Å². The average molecular weight is 341 g/mol. The monoisotopic (exact) mass is 341 g/mol. The van der Waals surface area contributed by atoms with Gasteiger partial charge in [-0.2, -0.15) is 0 Å². The van der Waals surface area contributed by atoms with E-state index in [-0.39, 0.29) is 33.8 Å². The van der Waals surface area contributed by atoms with Crippen LogP contribution < -0.4 is 4.74 Å². The number of hydrogen-bond acceptors (Lipinski definition) is 6. The summed E-state index contributed by atoms with van der Waals surface area (Å²) in [6, 6.07) is 5.77. The maximum atomic E-state index is 12.8. The summed E-state index contributed by atoms with van der Waals surface area (Å²) in [5.41, 5.74) is 0.724. The molecule has 0 aromatic heterocycles. The first-order chi connectivity index (χ1) is 11.8. The second-order valence-electron chi connectivity index (χ2n) is 6.38. The predicted molar refractivity (Wildman–Crippen MR) is 91.9 cm³/mol. The van der Waals surface area contributed by atoms with Gasteiger partial charge in [-0.05, 0) is 44.8 Å². The zero-order valence-corrected chi connectivity index (χ0v) is 14.3. The summed E-state index contributed by atoms with van der Waals surface area (Å²) in [6.45, 7) is 2.77. The summed E-state index contributed by atoms with van der Waals surface area (Å²) in [6.07, 6.45) is 0. The second kappa shape index (κ2) is 6.22. The number of carbonyl (C=O) groups is 2. The zero-order valence-electron chi connectivity index (χ0n) is 14.3. The number of aryl methyl sites for hydroxylation is 1. The fraction of sp³-hybridized carbons (Fsp3) is 0.263. The second-order valence-corrected chi connectivity index (χ2v) is 6.38. The minimum atomic E-state index is -0.570. The van der Waals surface area contributed by atoms with Crippen LogP contribution in [0.4, 0.5) is 0 Å². The summed E-state index contributed by atoms with van der Waals surface area (Å²) in [7, 11) is 3.81. The predicted octanol–water partition coefficient (Wildman–Crippen LogP) is 2.12. The summed E-state index contributed by atoms with van der Waals surface area (Å²) in [5.74, 6) is -1.26. The molecule has 0 radical (unpaired) electrons. The molecule has 1 aliphatic carbocycles. The lowest BCUT2D eigenvalue weighted by atomic mass is 9.82. The fourth-order valence-corrected chi connectivity index (χ4v) is 2.90. The molecule has 3 rings (SSSR count). The van der Waals surface area contributed by atoms with Crippen LogP contribution in [0.1, 0.15) is 37.4 Å². The van der Waals surface area contributed by atoms with E-state index < -0.39 is 11.6 Å². The summed E-state index contributed by atoms with van der Waals surface area (Å²) in [5, 5.41) is 20.3. The van der Waals surface area contributed by atoms with Crippen molar-refractivity contribution in [2.45, 2.75) is 6.92 Å². The van der Waals surface area contributed by atoms with Crippen LogP contribution in [0, 0.1) is 6.92 Å². The van der Waals surface area contributed by atoms with E-state index in [1.165, 1.54) is 18.2 Å². The van der Waals surface area contributed by atoms with Crippen LogP contribution in [-0.4, -0.2) is 53.9 Å². The molecular weight excluding hydrogens is 322 g/mol. The molecule has 0 saturated heterocycles. The van der Waals surface area contributed by atoms with Gasteiger partial charge in [0.1, 0.15) is 23.9 Å². The largest absolute Gasteiger partial charge is 0.507 e. The molecule has 6 nitrogen and oxygen atoms in total. The summed E-state index contributed by atoms with van der Waals surface area (Å²) in [4.78, 5) is 27.4. The van der Waals surface area contributed by atoms with Crippen LogP contribution in [-0.2, 0) is 0 Å². The third-order valence-electron chi connectivity index (χ3n) is 4.10. The zero-order chi connectivity index (χ0) is 18.3. The number of phenols is 2. The van der Waals surface area contributed by atoms with Crippen molar-refractivity contribution in [1.29, 1.82) is 0 Å². The Bertz CT molecular complexity index is 886. The van der Waals surface area contributed by atoms with E-state index in [9.17, 15) is 19.8 Å². The molecule has 0 atom stereocenters. The topological polar surface area (TPSA) is 87.1 Å². The molecule has 130 valence electrons. The molecular formula is C19H19NO5. The van der Waals surface area contributed by atoms with Crippen molar-refractivity contribution in [3.8, 4) is 17.2 Å². The highest BCUT2D eigenvalue weighted by atomic mass is 16.5. The molecule has 0 spiro atoms. The number of fused-ring (bicyclic) bond motifs is 2. The fourth-order valence-electron chi connectivity index (χ4n) is 2.90. The maximum Gasteiger partial charge on any atom is 0.201 e. The van der Waals surface area contributed by atoms with Gasteiger partial charge in [-0.25, -0.2) is 0 Å². The smallest absolute Gasteiger partial charge is 0.201 e. The van der Waals surface area contributed by atoms with Gasteiger partial charge < -0.3 is 19.8 Å². The number of ketones is 2. The van der Waals surface area contributed by atoms with Crippen molar-refractivity contribution in [2.24, 2.45) is 0 Å². The van der Waals surface area contributed by atoms with Gasteiger partial charge in [-0.15, -0.1) is 0 Å². The number of nitrogens with zero attached hydrogens (tertiary/aromatic N) is 1. The average Bonchev–Trinajstić information content (AvgIpc) is 2.51. The van der Waals surface area contributed by atoms with Gasteiger partial charge in [0.05, 0.1) is 11.1 Å². The first-order valence-electron chi connectivity index (χ1n) is 7.87. The van der Waals surface area contributed by atoms with Crippen LogP contribution in [0.2, 0.25) is 0 Å². The highest BCUT2D eigenvalue weighted by Gasteiger charge is 2.35. The number of carbonyl (C=O) groups excluding carboxylic acids is 2. The number of benzene rings is 2. The van der Waals surface area contributed by atoms with Gasteiger partial charge in [0.25, 0.3) is 0 Å². The minimum Gasteiger partial charge on any atom is -0.507 e. The Kier molecular flexibility index (Phi) is 4.22. The number of hydrogen-bond donors (Lipinski definition) is 2. The Morgan fingerprint density at radius 1 is 0.920 bits per heavy atom. The summed E-state index contributed by atoms with van der Waals surface area (Å²) < 4.78 is 5.57. The quantitative estimate of drug-likeness (QED) is 0.756. The van der Waals surface area contributed by atoms with Gasteiger partial charge in [-0.1, -0.05) is 0 Å². The highest BCUT2D eigenvalue weighted by molar-refractivity contribution is 6.30. The number of ether oxygens (including phenoxy) is 1. The minimum absolute atomic E-state index is 0.0697. The molecule has 2 N–H and O–H groups in total. The standard InChI is InChI=1S/C19H19NO5/c1-10-6-12-16(14(21)7-10)19(24)17-13(18(12)23)8-11(9-15(17)22)25-5-4-20(2)3/h6-9,21-22H,4-5H2,1-3H3. The van der Waals surface area contributed by atoms with Crippen LogP contribution in [0.3, 0.4) is 0 Å². The molecule has 0 saturated carbocycles. The van der Waals surface area contributed by atoms with Crippen molar-refractivity contribution in [3.63, 3.8) is 0 Å². The Hall–Kier alpha value is -2.86. The molecule has 6 heteroatoms. The van der Waals surface area contributed by atoms with Crippen LogP contribution in [0.25, 0.3) is 0 Å². The van der Waals surface area contributed by atoms with Crippen LogP contribution in [0.5, 0.6) is 17.2 Å². The molecule has 2 aromatic carbocycles. The Morgan fingerprint density at radius 2 is 1.52 bits per heavy atom. The van der Waals surface area contributed by atoms with Crippen LogP contribution in [0.15, 0.2) is 24.3 Å². The molecule has 0 aliphatic heterocycles. The van der Waals surface area contributed by atoms with E-state index in [1.54, 1.807) is 13.0 Å². The number of likely N-dealkylation sites (N-methyl/N-ethyl adjacent to an activating group) is 1. The van der Waals surface area contributed by atoms with Crippen molar-refractivity contribution in [1.82, 2.24) is 4.90 Å². The Labute approximate surface area is 145 Å². The normalized spacial score (nSPS) is 13.0. The highest BCUT2D eigenvalue weighted by Crippen LogP contribution is 2.39. The number of rotatable bonds is 4. The Morgan fingerprint density at radius 3 is 2.16 bits per heavy atom. The van der Waals surface area contributed by atoms with E-state index >= 15 is 0 Å². The van der Waals surface area contributed by atoms with Crippen molar-refractivity contribution < 1.29 is 24.5 Å². The molecule has 1 aliphatic rings. The van der Waals surface area contributed by atoms with Crippen LogP contribution >= 0.6 is 0 Å². The molecule has 0 bridgehead atoms. The lowest BCUT2D eigenvalue weighted by molar-refractivity contribution is 0.0973. The number of phenolic OH excluding ortho intramolecular Hbond substituents is 2. The third-order valence-corrected chi connectivity index (χ3v) is 4.10. The van der Waals surface area contributed by atoms with E-state index in [2.05, 4.69) is 0 Å². The maximum absolute atomic E-state index is 12.8. The SMILES string of the molecule is Cc1cc(O)c2c(c1)C(=O)c1cc(OCCN(C)C)cc(O)c1C2=O. The molecule has 0 unspecified atom stereocenters. The summed E-state index contributed by atoms with van der Waals surface area (Å²) >= 11 is 0. The number of aromatic hydroxyl groups is 2. The van der Waals surface area contributed by atoms with E-state index in [0.29, 0.717) is 24.5 Å². The Balaban J connectivity index is 2.06.